The molecule has 2 N–H and O–H groups in total. The van der Waals surface area contributed by atoms with Gasteiger partial charge in [-0.15, -0.1) is 0 Å². The molecule has 0 spiro atoms. The van der Waals surface area contributed by atoms with E-state index in [1.165, 1.54) is 12.1 Å². The summed E-state index contributed by atoms with van der Waals surface area (Å²) in [5, 5.41) is 17.5. The Labute approximate surface area is 144 Å². The van der Waals surface area contributed by atoms with Crippen molar-refractivity contribution in [1.29, 1.82) is 0 Å². The van der Waals surface area contributed by atoms with Crippen LogP contribution in [0.2, 0.25) is 5.02 Å². The maximum atomic E-state index is 13.4. The van der Waals surface area contributed by atoms with Gasteiger partial charge in [0.25, 0.3) is 0 Å². The monoisotopic (exact) mass is 345 g/mol. The SMILES string of the molecule is OC(CNCc1ccc(-n2cccn2)cc1)c1ccc(Cl)c(F)c1. The van der Waals surface area contributed by atoms with Crippen molar-refractivity contribution in [2.45, 2.75) is 12.6 Å². The van der Waals surface area contributed by atoms with Crippen LogP contribution in [0.15, 0.2) is 60.9 Å². The Morgan fingerprint density at radius 2 is 2.00 bits per heavy atom. The predicted octanol–water partition coefficient (Wildman–Crippen LogP) is 3.49. The molecular formula is C18H17ClFN3O. The summed E-state index contributed by atoms with van der Waals surface area (Å²) in [4.78, 5) is 0. The van der Waals surface area contributed by atoms with Crippen LogP contribution in [-0.4, -0.2) is 21.4 Å². The lowest BCUT2D eigenvalue weighted by Crippen LogP contribution is -2.21. The molecular weight excluding hydrogens is 329 g/mol. The zero-order valence-electron chi connectivity index (χ0n) is 12.9. The zero-order valence-corrected chi connectivity index (χ0v) is 13.6. The second kappa shape index (κ2) is 7.57. The number of nitrogens with one attached hydrogen (secondary N) is 1. The minimum atomic E-state index is -0.792. The molecule has 1 heterocycles. The molecule has 6 heteroatoms. The first-order valence-electron chi connectivity index (χ1n) is 7.56. The van der Waals surface area contributed by atoms with E-state index in [1.807, 2.05) is 36.5 Å². The molecule has 3 aromatic rings. The lowest BCUT2D eigenvalue weighted by molar-refractivity contribution is 0.174. The summed E-state index contributed by atoms with van der Waals surface area (Å²) in [6.07, 6.45) is 2.82. The summed E-state index contributed by atoms with van der Waals surface area (Å²) in [5.41, 5.74) is 2.57. The molecule has 24 heavy (non-hydrogen) atoms. The van der Waals surface area contributed by atoms with Crippen molar-refractivity contribution < 1.29 is 9.50 Å². The first-order chi connectivity index (χ1) is 11.6. The first kappa shape index (κ1) is 16.6. The van der Waals surface area contributed by atoms with Crippen molar-refractivity contribution in [2.75, 3.05) is 6.54 Å². The molecule has 124 valence electrons. The Bertz CT molecular complexity index is 791. The third-order valence-electron chi connectivity index (χ3n) is 3.70. The summed E-state index contributed by atoms with van der Waals surface area (Å²) in [7, 11) is 0. The maximum absolute atomic E-state index is 13.4. The van der Waals surface area contributed by atoms with Crippen molar-refractivity contribution in [2.24, 2.45) is 0 Å². The van der Waals surface area contributed by atoms with E-state index >= 15 is 0 Å². The van der Waals surface area contributed by atoms with Gasteiger partial charge >= 0.3 is 0 Å². The van der Waals surface area contributed by atoms with Gasteiger partial charge in [-0.3, -0.25) is 0 Å². The van der Waals surface area contributed by atoms with Crippen LogP contribution in [0.25, 0.3) is 5.69 Å². The molecule has 0 bridgehead atoms. The number of hydrogen-bond donors (Lipinski definition) is 2. The van der Waals surface area contributed by atoms with Gasteiger partial charge < -0.3 is 10.4 Å². The number of aliphatic hydroxyl groups excluding tert-OH is 1. The van der Waals surface area contributed by atoms with Crippen LogP contribution in [0.3, 0.4) is 0 Å². The molecule has 0 aliphatic heterocycles. The number of rotatable bonds is 6. The molecule has 0 aliphatic rings. The normalized spacial score (nSPS) is 12.3. The molecule has 1 atom stereocenters. The average Bonchev–Trinajstić information content (AvgIpc) is 3.12. The van der Waals surface area contributed by atoms with Crippen molar-refractivity contribution in [3.8, 4) is 5.69 Å². The number of nitrogens with zero attached hydrogens (tertiary/aromatic N) is 2. The molecule has 0 saturated heterocycles. The van der Waals surface area contributed by atoms with Crippen LogP contribution >= 0.6 is 11.6 Å². The smallest absolute Gasteiger partial charge is 0.142 e. The van der Waals surface area contributed by atoms with Gasteiger partial charge in [-0.25, -0.2) is 9.07 Å². The number of aliphatic hydroxyl groups is 1. The van der Waals surface area contributed by atoms with Crippen molar-refractivity contribution in [3.05, 3.63) is 82.9 Å². The van der Waals surface area contributed by atoms with Crippen LogP contribution in [-0.2, 0) is 6.54 Å². The zero-order chi connectivity index (χ0) is 16.9. The minimum absolute atomic E-state index is 0.0520. The number of aromatic nitrogens is 2. The van der Waals surface area contributed by atoms with Crippen LogP contribution in [0.4, 0.5) is 4.39 Å². The molecule has 0 fully saturated rings. The van der Waals surface area contributed by atoms with Gasteiger partial charge in [-0.05, 0) is 41.5 Å². The molecule has 0 amide bonds. The Morgan fingerprint density at radius 3 is 2.67 bits per heavy atom. The van der Waals surface area contributed by atoms with Crippen molar-refractivity contribution >= 4 is 11.6 Å². The summed E-state index contributed by atoms with van der Waals surface area (Å²) in [6, 6.07) is 14.2. The second-order valence-corrected chi connectivity index (χ2v) is 5.84. The molecule has 1 unspecified atom stereocenters. The van der Waals surface area contributed by atoms with Crippen LogP contribution in [0, 0.1) is 5.82 Å². The molecule has 0 aliphatic carbocycles. The molecule has 4 nitrogen and oxygen atoms in total. The molecule has 0 radical (unpaired) electrons. The Balaban J connectivity index is 1.53. The highest BCUT2D eigenvalue weighted by Gasteiger charge is 2.10. The summed E-state index contributed by atoms with van der Waals surface area (Å²) >= 11 is 5.64. The molecule has 1 aromatic heterocycles. The standard InChI is InChI=1S/C18H17ClFN3O/c19-16-7-4-14(10-17(16)20)18(24)12-21-11-13-2-5-15(6-3-13)23-9-1-8-22-23/h1-10,18,21,24H,11-12H2. The fraction of sp³-hybridized carbons (Fsp3) is 0.167. The van der Waals surface area contributed by atoms with Crippen LogP contribution in [0.1, 0.15) is 17.2 Å². The number of benzene rings is 2. The van der Waals surface area contributed by atoms with E-state index < -0.39 is 11.9 Å². The van der Waals surface area contributed by atoms with E-state index in [1.54, 1.807) is 16.9 Å². The fourth-order valence-corrected chi connectivity index (χ4v) is 2.50. The summed E-state index contributed by atoms with van der Waals surface area (Å²) in [6.45, 7) is 0.925. The predicted molar refractivity (Wildman–Crippen MR) is 91.6 cm³/mol. The largest absolute Gasteiger partial charge is 0.387 e. The van der Waals surface area contributed by atoms with Crippen LogP contribution < -0.4 is 5.32 Å². The van der Waals surface area contributed by atoms with E-state index in [9.17, 15) is 9.50 Å². The lowest BCUT2D eigenvalue weighted by atomic mass is 10.1. The summed E-state index contributed by atoms with van der Waals surface area (Å²) < 4.78 is 15.2. The van der Waals surface area contributed by atoms with E-state index in [0.717, 1.165) is 11.3 Å². The fourth-order valence-electron chi connectivity index (χ4n) is 2.38. The topological polar surface area (TPSA) is 50.1 Å². The van der Waals surface area contributed by atoms with Gasteiger partial charge in [0.15, 0.2) is 0 Å². The highest BCUT2D eigenvalue weighted by atomic mass is 35.5. The molecule has 3 rings (SSSR count). The average molecular weight is 346 g/mol. The Morgan fingerprint density at radius 1 is 1.21 bits per heavy atom. The number of halogens is 2. The van der Waals surface area contributed by atoms with Gasteiger partial charge in [0, 0.05) is 25.5 Å². The molecule has 2 aromatic carbocycles. The summed E-state index contributed by atoms with van der Waals surface area (Å²) in [5.74, 6) is -0.526. The van der Waals surface area contributed by atoms with Gasteiger partial charge in [0.1, 0.15) is 5.82 Å². The van der Waals surface area contributed by atoms with E-state index in [2.05, 4.69) is 10.4 Å². The third kappa shape index (κ3) is 4.00. The second-order valence-electron chi connectivity index (χ2n) is 5.44. The van der Waals surface area contributed by atoms with Gasteiger partial charge in [0.05, 0.1) is 16.8 Å². The first-order valence-corrected chi connectivity index (χ1v) is 7.94. The van der Waals surface area contributed by atoms with E-state index in [4.69, 9.17) is 11.6 Å². The minimum Gasteiger partial charge on any atom is -0.387 e. The quantitative estimate of drug-likeness (QED) is 0.719. The Hall–Kier alpha value is -2.21. The van der Waals surface area contributed by atoms with Crippen LogP contribution in [0.5, 0.6) is 0 Å². The van der Waals surface area contributed by atoms with Crippen molar-refractivity contribution in [3.63, 3.8) is 0 Å². The molecule has 0 saturated carbocycles. The highest BCUT2D eigenvalue weighted by molar-refractivity contribution is 6.30. The number of hydrogen-bond acceptors (Lipinski definition) is 3. The third-order valence-corrected chi connectivity index (χ3v) is 4.01. The van der Waals surface area contributed by atoms with E-state index in [0.29, 0.717) is 18.7 Å². The van der Waals surface area contributed by atoms with Gasteiger partial charge in [-0.1, -0.05) is 29.8 Å². The maximum Gasteiger partial charge on any atom is 0.142 e. The Kier molecular flexibility index (Phi) is 5.25. The van der Waals surface area contributed by atoms with Gasteiger partial charge in [-0.2, -0.15) is 5.10 Å². The van der Waals surface area contributed by atoms with Crippen molar-refractivity contribution in [1.82, 2.24) is 15.1 Å². The van der Waals surface area contributed by atoms with E-state index in [-0.39, 0.29) is 5.02 Å². The lowest BCUT2D eigenvalue weighted by Gasteiger charge is -2.13. The van der Waals surface area contributed by atoms with Gasteiger partial charge in [0.2, 0.25) is 0 Å². The highest BCUT2D eigenvalue weighted by Crippen LogP contribution is 2.20.